The molecular weight excluding hydrogens is 224 g/mol. The topological polar surface area (TPSA) is 55.1 Å². The number of amides is 1. The Morgan fingerprint density at radius 1 is 1.39 bits per heavy atom. The third-order valence-corrected chi connectivity index (χ3v) is 2.72. The second-order valence-corrected chi connectivity index (χ2v) is 5.43. The molecule has 0 aliphatic heterocycles. The maximum absolute atomic E-state index is 10.7. The molecule has 98 valence electrons. The van der Waals surface area contributed by atoms with E-state index in [0.717, 1.165) is 11.3 Å². The van der Waals surface area contributed by atoms with Crippen molar-refractivity contribution in [3.8, 4) is 0 Å². The molecule has 1 rings (SSSR count). The van der Waals surface area contributed by atoms with Crippen LogP contribution in [0.25, 0.3) is 6.08 Å². The van der Waals surface area contributed by atoms with Crippen molar-refractivity contribution < 1.29 is 4.79 Å². The molecule has 0 unspecified atom stereocenters. The zero-order chi connectivity index (χ0) is 13.8. The van der Waals surface area contributed by atoms with E-state index in [-0.39, 0.29) is 11.3 Å². The lowest BCUT2D eigenvalue weighted by atomic mass is 9.86. The third-order valence-electron chi connectivity index (χ3n) is 2.72. The van der Waals surface area contributed by atoms with Gasteiger partial charge in [0, 0.05) is 19.2 Å². The molecule has 0 atom stereocenters. The Kier molecular flexibility index (Phi) is 4.54. The van der Waals surface area contributed by atoms with Crippen molar-refractivity contribution >= 4 is 17.7 Å². The van der Waals surface area contributed by atoms with Crippen LogP contribution in [0.15, 0.2) is 24.3 Å². The lowest BCUT2D eigenvalue weighted by molar-refractivity contribution is -0.118. The molecule has 0 spiro atoms. The predicted molar refractivity (Wildman–Crippen MR) is 77.3 cm³/mol. The van der Waals surface area contributed by atoms with Gasteiger partial charge in [-0.1, -0.05) is 39.0 Å². The van der Waals surface area contributed by atoms with Gasteiger partial charge in [-0.25, -0.2) is 0 Å². The first kappa shape index (κ1) is 14.3. The number of anilines is 1. The van der Waals surface area contributed by atoms with Crippen LogP contribution in [-0.4, -0.2) is 12.5 Å². The minimum Gasteiger partial charge on any atom is -0.398 e. The zero-order valence-electron chi connectivity index (χ0n) is 11.6. The van der Waals surface area contributed by atoms with E-state index in [1.165, 1.54) is 12.5 Å². The van der Waals surface area contributed by atoms with Crippen molar-refractivity contribution in [1.82, 2.24) is 5.32 Å². The first-order valence-electron chi connectivity index (χ1n) is 6.11. The Balaban J connectivity index is 2.85. The van der Waals surface area contributed by atoms with E-state index in [1.807, 2.05) is 18.2 Å². The van der Waals surface area contributed by atoms with Crippen molar-refractivity contribution in [2.24, 2.45) is 0 Å². The smallest absolute Gasteiger partial charge is 0.217 e. The zero-order valence-corrected chi connectivity index (χ0v) is 11.6. The number of carbonyl (C=O) groups excluding carboxylic acids is 1. The van der Waals surface area contributed by atoms with Crippen LogP contribution in [0.3, 0.4) is 0 Å². The number of benzene rings is 1. The lowest BCUT2D eigenvalue weighted by Gasteiger charge is -2.20. The molecule has 1 amide bonds. The molecule has 0 radical (unpaired) electrons. The standard InChI is InChI=1S/C15H22N2O/c1-11(18)17-9-5-6-12-10-13(15(2,3)4)7-8-14(12)16/h5-8,10H,9,16H2,1-4H3,(H,17,18). The summed E-state index contributed by atoms with van der Waals surface area (Å²) in [5.74, 6) is -0.0314. The van der Waals surface area contributed by atoms with Gasteiger partial charge < -0.3 is 11.1 Å². The van der Waals surface area contributed by atoms with Crippen LogP contribution < -0.4 is 11.1 Å². The summed E-state index contributed by atoms with van der Waals surface area (Å²) in [6.45, 7) is 8.53. The van der Waals surface area contributed by atoms with Crippen LogP contribution in [0, 0.1) is 0 Å². The molecule has 0 saturated heterocycles. The van der Waals surface area contributed by atoms with Crippen molar-refractivity contribution in [3.05, 3.63) is 35.4 Å². The van der Waals surface area contributed by atoms with Gasteiger partial charge in [0.05, 0.1) is 0 Å². The summed E-state index contributed by atoms with van der Waals surface area (Å²) in [6, 6.07) is 6.08. The minimum absolute atomic E-state index is 0.0314. The van der Waals surface area contributed by atoms with Gasteiger partial charge in [-0.15, -0.1) is 0 Å². The predicted octanol–water partition coefficient (Wildman–Crippen LogP) is 2.72. The van der Waals surface area contributed by atoms with Crippen molar-refractivity contribution in [2.45, 2.75) is 33.1 Å². The van der Waals surface area contributed by atoms with E-state index in [9.17, 15) is 4.79 Å². The Morgan fingerprint density at radius 2 is 2.06 bits per heavy atom. The number of nitrogen functional groups attached to an aromatic ring is 1. The fraction of sp³-hybridized carbons (Fsp3) is 0.400. The SMILES string of the molecule is CC(=O)NCC=Cc1cc(C(C)(C)C)ccc1N. The summed E-state index contributed by atoms with van der Waals surface area (Å²) in [6.07, 6.45) is 3.85. The highest BCUT2D eigenvalue weighted by Gasteiger charge is 2.14. The van der Waals surface area contributed by atoms with Crippen LogP contribution >= 0.6 is 0 Å². The van der Waals surface area contributed by atoms with Gasteiger partial charge in [0.2, 0.25) is 5.91 Å². The number of nitrogens with one attached hydrogen (secondary N) is 1. The molecule has 1 aromatic rings. The number of carbonyl (C=O) groups is 1. The summed E-state index contributed by atoms with van der Waals surface area (Å²) in [4.78, 5) is 10.7. The quantitative estimate of drug-likeness (QED) is 0.806. The fourth-order valence-corrected chi connectivity index (χ4v) is 1.57. The summed E-state index contributed by atoms with van der Waals surface area (Å²) < 4.78 is 0. The fourth-order valence-electron chi connectivity index (χ4n) is 1.57. The molecule has 0 aromatic heterocycles. The van der Waals surface area contributed by atoms with Crippen molar-refractivity contribution in [2.75, 3.05) is 12.3 Å². The highest BCUT2D eigenvalue weighted by atomic mass is 16.1. The van der Waals surface area contributed by atoms with E-state index >= 15 is 0 Å². The van der Waals surface area contributed by atoms with Gasteiger partial charge in [0.25, 0.3) is 0 Å². The van der Waals surface area contributed by atoms with Crippen LogP contribution in [0.5, 0.6) is 0 Å². The van der Waals surface area contributed by atoms with Crippen LogP contribution in [0.1, 0.15) is 38.8 Å². The molecule has 0 heterocycles. The van der Waals surface area contributed by atoms with Crippen molar-refractivity contribution in [3.63, 3.8) is 0 Å². The summed E-state index contributed by atoms with van der Waals surface area (Å²) in [7, 11) is 0. The number of hydrogen-bond acceptors (Lipinski definition) is 2. The first-order valence-corrected chi connectivity index (χ1v) is 6.11. The van der Waals surface area contributed by atoms with Crippen LogP contribution in [-0.2, 0) is 10.2 Å². The summed E-state index contributed by atoms with van der Waals surface area (Å²) >= 11 is 0. The van der Waals surface area contributed by atoms with Gasteiger partial charge in [0.1, 0.15) is 0 Å². The highest BCUT2D eigenvalue weighted by Crippen LogP contribution is 2.26. The molecule has 0 aliphatic rings. The van der Waals surface area contributed by atoms with Crippen LogP contribution in [0.4, 0.5) is 5.69 Å². The van der Waals surface area contributed by atoms with Crippen molar-refractivity contribution in [1.29, 1.82) is 0 Å². The molecule has 3 N–H and O–H groups in total. The third kappa shape index (κ3) is 4.24. The van der Waals surface area contributed by atoms with E-state index in [2.05, 4.69) is 38.2 Å². The molecule has 3 nitrogen and oxygen atoms in total. The second-order valence-electron chi connectivity index (χ2n) is 5.43. The lowest BCUT2D eigenvalue weighted by Crippen LogP contribution is -2.19. The van der Waals surface area contributed by atoms with Gasteiger partial charge in [-0.2, -0.15) is 0 Å². The van der Waals surface area contributed by atoms with Gasteiger partial charge >= 0.3 is 0 Å². The normalized spacial score (nSPS) is 11.8. The summed E-state index contributed by atoms with van der Waals surface area (Å²) in [5, 5.41) is 2.71. The second kappa shape index (κ2) is 5.71. The maximum atomic E-state index is 10.7. The molecule has 0 aliphatic carbocycles. The van der Waals surface area contributed by atoms with Crippen LogP contribution in [0.2, 0.25) is 0 Å². The molecule has 3 heteroatoms. The average molecular weight is 246 g/mol. The molecule has 1 aromatic carbocycles. The summed E-state index contributed by atoms with van der Waals surface area (Å²) in [5.41, 5.74) is 9.03. The number of hydrogen-bond donors (Lipinski definition) is 2. The molecule has 0 bridgehead atoms. The molecule has 0 fully saturated rings. The monoisotopic (exact) mass is 246 g/mol. The number of rotatable bonds is 3. The van der Waals surface area contributed by atoms with E-state index < -0.39 is 0 Å². The Hall–Kier alpha value is -1.77. The molecule has 0 saturated carbocycles. The van der Waals surface area contributed by atoms with E-state index in [4.69, 9.17) is 5.73 Å². The van der Waals surface area contributed by atoms with Gasteiger partial charge in [0.15, 0.2) is 0 Å². The highest BCUT2D eigenvalue weighted by molar-refractivity contribution is 5.73. The Labute approximate surface area is 109 Å². The largest absolute Gasteiger partial charge is 0.398 e. The first-order chi connectivity index (χ1) is 8.30. The molecular formula is C15H22N2O. The van der Waals surface area contributed by atoms with E-state index in [1.54, 1.807) is 0 Å². The van der Waals surface area contributed by atoms with E-state index in [0.29, 0.717) is 6.54 Å². The van der Waals surface area contributed by atoms with Gasteiger partial charge in [-0.3, -0.25) is 4.79 Å². The maximum Gasteiger partial charge on any atom is 0.217 e. The average Bonchev–Trinajstić information content (AvgIpc) is 2.24. The minimum atomic E-state index is -0.0314. The van der Waals surface area contributed by atoms with Gasteiger partial charge in [-0.05, 0) is 28.7 Å². The molecule has 18 heavy (non-hydrogen) atoms. The number of nitrogens with two attached hydrogens (primary N) is 1. The Bertz CT molecular complexity index is 456. The Morgan fingerprint density at radius 3 is 2.61 bits per heavy atom.